The summed E-state index contributed by atoms with van der Waals surface area (Å²) in [4.78, 5) is 25.1. The highest BCUT2D eigenvalue weighted by molar-refractivity contribution is 6.39. The number of aliphatic hydroxyl groups excluding tert-OH is 1. The molecule has 1 atom stereocenters. The Balaban J connectivity index is 1.57. The average Bonchev–Trinajstić information content (AvgIpc) is 3.37. The van der Waals surface area contributed by atoms with E-state index < -0.39 is 6.10 Å². The average molecular weight is 563 g/mol. The minimum Gasteiger partial charge on any atom is -0.463 e. The van der Waals surface area contributed by atoms with Gasteiger partial charge in [-0.1, -0.05) is 66.5 Å². The van der Waals surface area contributed by atoms with Crippen LogP contribution in [0, 0.1) is 0 Å². The van der Waals surface area contributed by atoms with E-state index in [0.29, 0.717) is 65.8 Å². The monoisotopic (exact) mass is 562 g/mol. The van der Waals surface area contributed by atoms with Gasteiger partial charge in [0.15, 0.2) is 5.43 Å². The number of rotatable bonds is 6. The van der Waals surface area contributed by atoms with Gasteiger partial charge in [0.2, 0.25) is 0 Å². The molecule has 9 heteroatoms. The maximum absolute atomic E-state index is 13.3. The van der Waals surface area contributed by atoms with Crippen molar-refractivity contribution < 1.29 is 18.8 Å². The molecule has 2 aromatic heterocycles. The van der Waals surface area contributed by atoms with E-state index in [1.54, 1.807) is 67.7 Å². The fraction of sp³-hybridized carbons (Fsp3) is 0.167. The number of amides is 1. The van der Waals surface area contributed by atoms with Gasteiger partial charge in [0.25, 0.3) is 5.91 Å². The molecule has 0 spiro atoms. The summed E-state index contributed by atoms with van der Waals surface area (Å²) in [6, 6.07) is 16.7. The predicted octanol–water partition coefficient (Wildman–Crippen LogP) is 6.99. The zero-order chi connectivity index (χ0) is 27.8. The second-order valence-electron chi connectivity index (χ2n) is 9.35. The Bertz CT molecular complexity index is 1740. The van der Waals surface area contributed by atoms with Crippen molar-refractivity contribution in [2.24, 2.45) is 0 Å². The van der Waals surface area contributed by atoms with Crippen molar-refractivity contribution in [2.45, 2.75) is 25.9 Å². The second kappa shape index (κ2) is 10.7. The van der Waals surface area contributed by atoms with Crippen molar-refractivity contribution in [2.75, 3.05) is 7.05 Å². The lowest BCUT2D eigenvalue weighted by atomic mass is 9.92. The summed E-state index contributed by atoms with van der Waals surface area (Å²) in [5.41, 5.74) is 3.26. The van der Waals surface area contributed by atoms with Gasteiger partial charge in [-0.3, -0.25) is 9.59 Å². The summed E-state index contributed by atoms with van der Waals surface area (Å²) in [6.45, 7) is 3.85. The molecule has 0 aliphatic heterocycles. The molecule has 2 heterocycles. The third kappa shape index (κ3) is 4.85. The summed E-state index contributed by atoms with van der Waals surface area (Å²) in [7, 11) is 1.55. The van der Waals surface area contributed by atoms with Crippen LogP contribution in [0.2, 0.25) is 10.0 Å². The van der Waals surface area contributed by atoms with Crippen LogP contribution in [0.25, 0.3) is 33.4 Å². The van der Waals surface area contributed by atoms with E-state index in [-0.39, 0.29) is 17.3 Å². The molecule has 5 aromatic rings. The molecule has 5 rings (SSSR count). The first-order chi connectivity index (χ1) is 18.7. The van der Waals surface area contributed by atoms with E-state index in [1.807, 2.05) is 13.8 Å². The minimum absolute atomic E-state index is 0.0899. The smallest absolute Gasteiger partial charge is 0.251 e. The van der Waals surface area contributed by atoms with Crippen LogP contribution in [0.4, 0.5) is 0 Å². The number of aromatic nitrogens is 1. The van der Waals surface area contributed by atoms with E-state index in [0.717, 1.165) is 0 Å². The van der Waals surface area contributed by atoms with Gasteiger partial charge >= 0.3 is 0 Å². The Morgan fingerprint density at radius 1 is 1.03 bits per heavy atom. The number of carbonyl (C=O) groups is 1. The van der Waals surface area contributed by atoms with Crippen LogP contribution in [-0.4, -0.2) is 23.2 Å². The molecule has 7 nitrogen and oxygen atoms in total. The van der Waals surface area contributed by atoms with Gasteiger partial charge in [0.1, 0.15) is 29.4 Å². The molecule has 0 fully saturated rings. The largest absolute Gasteiger partial charge is 0.463 e. The topological polar surface area (TPSA) is 106 Å². The minimum atomic E-state index is -1.16. The van der Waals surface area contributed by atoms with Crippen molar-refractivity contribution in [3.05, 3.63) is 110 Å². The van der Waals surface area contributed by atoms with Crippen LogP contribution in [0.1, 0.15) is 53.1 Å². The molecule has 198 valence electrons. The first-order valence-electron chi connectivity index (χ1n) is 12.2. The van der Waals surface area contributed by atoms with Crippen LogP contribution in [0.15, 0.2) is 80.7 Å². The second-order valence-corrected chi connectivity index (χ2v) is 10.2. The predicted molar refractivity (Wildman–Crippen MR) is 151 cm³/mol. The highest BCUT2D eigenvalue weighted by Crippen LogP contribution is 2.42. The number of nitrogens with zero attached hydrogens (tertiary/aromatic N) is 1. The first kappa shape index (κ1) is 26.7. The number of fused-ring (bicyclic) bond motifs is 1. The number of hydrogen-bond acceptors (Lipinski definition) is 6. The van der Waals surface area contributed by atoms with Crippen molar-refractivity contribution in [1.29, 1.82) is 0 Å². The first-order valence-corrected chi connectivity index (χ1v) is 13.0. The van der Waals surface area contributed by atoms with Gasteiger partial charge in [-0.25, -0.2) is 0 Å². The van der Waals surface area contributed by atoms with Gasteiger partial charge in [-0.15, -0.1) is 0 Å². The van der Waals surface area contributed by atoms with E-state index in [9.17, 15) is 14.7 Å². The molecular weight excluding hydrogens is 539 g/mol. The summed E-state index contributed by atoms with van der Waals surface area (Å²) >= 11 is 12.9. The molecule has 2 N–H and O–H groups in total. The molecule has 39 heavy (non-hydrogen) atoms. The SMILES string of the molecule is CNC(=O)c1ccc(-c2coc3cc(C(O)c4c(-c5c(Cl)cccc5Cl)noc4C(C)C)ccc3c2=O)cc1. The molecule has 0 saturated carbocycles. The standard InChI is InChI=1S/C30H24Cl2N2O5/c1-15(2)29-25(26(34-39-29)24-21(31)5-4-6-22(24)32)27(35)18-11-12-19-23(13-18)38-14-20(28(19)36)16-7-9-17(10-8-16)30(37)33-3/h4-15,27,35H,1-3H3,(H,33,37). The quantitative estimate of drug-likeness (QED) is 0.231. The van der Waals surface area contributed by atoms with Crippen molar-refractivity contribution in [3.8, 4) is 22.4 Å². The molecular formula is C30H24Cl2N2O5. The van der Waals surface area contributed by atoms with E-state index in [2.05, 4.69) is 10.5 Å². The Labute approximate surface area is 234 Å². The highest BCUT2D eigenvalue weighted by atomic mass is 35.5. The van der Waals surface area contributed by atoms with Crippen LogP contribution < -0.4 is 10.7 Å². The van der Waals surface area contributed by atoms with Gasteiger partial charge in [0, 0.05) is 24.1 Å². The normalized spacial score (nSPS) is 12.2. The van der Waals surface area contributed by atoms with E-state index in [1.165, 1.54) is 6.26 Å². The lowest BCUT2D eigenvalue weighted by Gasteiger charge is -2.15. The zero-order valence-corrected chi connectivity index (χ0v) is 22.8. The molecule has 0 aliphatic rings. The highest BCUT2D eigenvalue weighted by Gasteiger charge is 2.29. The maximum atomic E-state index is 13.3. The number of aliphatic hydroxyl groups is 1. The summed E-state index contributed by atoms with van der Waals surface area (Å²) < 4.78 is 11.5. The summed E-state index contributed by atoms with van der Waals surface area (Å²) in [5.74, 6) is 0.185. The van der Waals surface area contributed by atoms with Crippen molar-refractivity contribution in [1.82, 2.24) is 10.5 Å². The zero-order valence-electron chi connectivity index (χ0n) is 21.3. The maximum Gasteiger partial charge on any atom is 0.251 e. The number of carbonyl (C=O) groups excluding carboxylic acids is 1. The number of nitrogens with one attached hydrogen (secondary N) is 1. The number of benzene rings is 3. The van der Waals surface area contributed by atoms with Crippen LogP contribution in [-0.2, 0) is 0 Å². The third-order valence-corrected chi connectivity index (χ3v) is 7.18. The third-order valence-electron chi connectivity index (χ3n) is 6.55. The fourth-order valence-electron chi connectivity index (χ4n) is 4.52. The van der Waals surface area contributed by atoms with Gasteiger partial charge in [-0.05, 0) is 47.5 Å². The summed E-state index contributed by atoms with van der Waals surface area (Å²) in [5, 5.41) is 19.4. The number of hydrogen-bond donors (Lipinski definition) is 2. The molecule has 0 saturated heterocycles. The van der Waals surface area contributed by atoms with Gasteiger partial charge in [0.05, 0.1) is 26.6 Å². The Morgan fingerprint density at radius 2 is 1.72 bits per heavy atom. The Morgan fingerprint density at radius 3 is 2.36 bits per heavy atom. The molecule has 1 unspecified atom stereocenters. The van der Waals surface area contributed by atoms with Crippen LogP contribution in [0.3, 0.4) is 0 Å². The van der Waals surface area contributed by atoms with E-state index in [4.69, 9.17) is 32.1 Å². The van der Waals surface area contributed by atoms with Crippen molar-refractivity contribution in [3.63, 3.8) is 0 Å². The van der Waals surface area contributed by atoms with Gasteiger partial charge < -0.3 is 19.4 Å². The Kier molecular flexibility index (Phi) is 7.32. The molecule has 0 aliphatic carbocycles. The van der Waals surface area contributed by atoms with E-state index >= 15 is 0 Å². The van der Waals surface area contributed by atoms with Crippen LogP contribution in [0.5, 0.6) is 0 Å². The number of halogens is 2. The fourth-order valence-corrected chi connectivity index (χ4v) is 5.10. The molecule has 0 radical (unpaired) electrons. The van der Waals surface area contributed by atoms with Crippen LogP contribution >= 0.6 is 23.2 Å². The summed E-state index contributed by atoms with van der Waals surface area (Å²) in [6.07, 6.45) is 0.214. The lowest BCUT2D eigenvalue weighted by molar-refractivity contribution is 0.0963. The van der Waals surface area contributed by atoms with Crippen molar-refractivity contribution >= 4 is 40.1 Å². The molecule has 0 bridgehead atoms. The molecule has 1 amide bonds. The van der Waals surface area contributed by atoms with Gasteiger partial charge in [-0.2, -0.15) is 0 Å². The lowest BCUT2D eigenvalue weighted by Crippen LogP contribution is -2.17. The molecule has 3 aromatic carbocycles. The Hall–Kier alpha value is -3.91.